The summed E-state index contributed by atoms with van der Waals surface area (Å²) in [4.78, 5) is 35.9. The number of rotatable bonds is 6. The molecule has 0 radical (unpaired) electrons. The molecular weight excluding hydrogens is 360 g/mol. The van der Waals surface area contributed by atoms with E-state index in [-0.39, 0.29) is 6.54 Å². The number of urea groups is 1. The summed E-state index contributed by atoms with van der Waals surface area (Å²) in [5.41, 5.74) is 1.89. The molecule has 3 aromatic rings. The van der Waals surface area contributed by atoms with Crippen LogP contribution in [0.1, 0.15) is 16.1 Å². The molecule has 2 aromatic carbocycles. The Morgan fingerprint density at radius 2 is 1.64 bits per heavy atom. The molecule has 0 spiro atoms. The zero-order chi connectivity index (χ0) is 19.8. The molecule has 0 unspecified atom stereocenters. The number of ether oxygens (including phenoxy) is 1. The SMILES string of the molecule is O=C(COC(=O)c1ccccc1-c1ccccc1)NC(=O)NCc1ccco1. The number of imide groups is 1. The third-order valence-corrected chi connectivity index (χ3v) is 3.82. The minimum absolute atomic E-state index is 0.135. The Labute approximate surface area is 161 Å². The summed E-state index contributed by atoms with van der Waals surface area (Å²) < 4.78 is 10.1. The molecule has 0 saturated carbocycles. The van der Waals surface area contributed by atoms with Crippen LogP contribution in [0.25, 0.3) is 11.1 Å². The summed E-state index contributed by atoms with van der Waals surface area (Å²) in [5, 5.41) is 4.55. The second kappa shape index (κ2) is 9.18. The van der Waals surface area contributed by atoms with Gasteiger partial charge in [-0.05, 0) is 29.3 Å². The third kappa shape index (κ3) is 5.07. The van der Waals surface area contributed by atoms with Crippen molar-refractivity contribution in [2.75, 3.05) is 6.61 Å². The number of furan rings is 1. The Balaban J connectivity index is 1.53. The molecule has 3 amide bonds. The third-order valence-electron chi connectivity index (χ3n) is 3.82. The molecule has 7 heteroatoms. The number of hydrogen-bond acceptors (Lipinski definition) is 5. The maximum Gasteiger partial charge on any atom is 0.339 e. The largest absolute Gasteiger partial charge is 0.467 e. The molecule has 1 heterocycles. The van der Waals surface area contributed by atoms with Gasteiger partial charge in [-0.15, -0.1) is 0 Å². The Bertz CT molecular complexity index is 952. The number of esters is 1. The van der Waals surface area contributed by atoms with Gasteiger partial charge in [0.15, 0.2) is 6.61 Å². The molecular formula is C21H18N2O5. The first-order valence-electron chi connectivity index (χ1n) is 8.55. The minimum Gasteiger partial charge on any atom is -0.467 e. The van der Waals surface area contributed by atoms with Gasteiger partial charge in [0.05, 0.1) is 18.4 Å². The van der Waals surface area contributed by atoms with Crippen LogP contribution in [0.3, 0.4) is 0 Å². The molecule has 2 N–H and O–H groups in total. The number of carbonyl (C=O) groups excluding carboxylic acids is 3. The molecule has 142 valence electrons. The summed E-state index contributed by atoms with van der Waals surface area (Å²) in [6.07, 6.45) is 1.48. The predicted molar refractivity (Wildman–Crippen MR) is 101 cm³/mol. The first-order chi connectivity index (χ1) is 13.6. The number of amides is 3. The summed E-state index contributed by atoms with van der Waals surface area (Å²) in [7, 11) is 0. The van der Waals surface area contributed by atoms with Crippen LogP contribution in [0, 0.1) is 0 Å². The molecule has 0 bridgehead atoms. The van der Waals surface area contributed by atoms with Crippen LogP contribution in [0.4, 0.5) is 4.79 Å². The Hall–Kier alpha value is -3.87. The van der Waals surface area contributed by atoms with Gasteiger partial charge in [-0.2, -0.15) is 0 Å². The van der Waals surface area contributed by atoms with Gasteiger partial charge in [-0.1, -0.05) is 48.5 Å². The molecule has 0 atom stereocenters. The lowest BCUT2D eigenvalue weighted by atomic mass is 10.00. The van der Waals surface area contributed by atoms with E-state index in [1.54, 1.807) is 30.3 Å². The van der Waals surface area contributed by atoms with E-state index in [0.29, 0.717) is 16.9 Å². The molecule has 0 saturated heterocycles. The van der Waals surface area contributed by atoms with Gasteiger partial charge in [0.1, 0.15) is 5.76 Å². The topological polar surface area (TPSA) is 97.6 Å². The maximum atomic E-state index is 12.4. The number of benzene rings is 2. The van der Waals surface area contributed by atoms with Crippen molar-refractivity contribution in [2.45, 2.75) is 6.54 Å². The lowest BCUT2D eigenvalue weighted by molar-refractivity contribution is -0.123. The zero-order valence-electron chi connectivity index (χ0n) is 14.9. The van der Waals surface area contributed by atoms with Gasteiger partial charge in [0.2, 0.25) is 0 Å². The van der Waals surface area contributed by atoms with Crippen LogP contribution in [-0.4, -0.2) is 24.5 Å². The molecule has 28 heavy (non-hydrogen) atoms. The highest BCUT2D eigenvalue weighted by atomic mass is 16.5. The Morgan fingerprint density at radius 1 is 0.893 bits per heavy atom. The zero-order valence-corrected chi connectivity index (χ0v) is 14.9. The van der Waals surface area contributed by atoms with E-state index in [0.717, 1.165) is 5.56 Å². The molecule has 3 rings (SSSR count). The average molecular weight is 378 g/mol. The van der Waals surface area contributed by atoms with Crippen molar-refractivity contribution >= 4 is 17.9 Å². The average Bonchev–Trinajstić information content (AvgIpc) is 3.25. The second-order valence-electron chi connectivity index (χ2n) is 5.80. The van der Waals surface area contributed by atoms with Gasteiger partial charge in [-0.25, -0.2) is 9.59 Å². The smallest absolute Gasteiger partial charge is 0.339 e. The summed E-state index contributed by atoms with van der Waals surface area (Å²) in [6.45, 7) is -0.438. The van der Waals surface area contributed by atoms with E-state index in [2.05, 4.69) is 10.6 Å². The first-order valence-corrected chi connectivity index (χ1v) is 8.55. The minimum atomic E-state index is -0.734. The van der Waals surface area contributed by atoms with E-state index in [9.17, 15) is 14.4 Å². The van der Waals surface area contributed by atoms with E-state index in [4.69, 9.17) is 9.15 Å². The summed E-state index contributed by atoms with van der Waals surface area (Å²) >= 11 is 0. The van der Waals surface area contributed by atoms with Crippen LogP contribution in [-0.2, 0) is 16.1 Å². The van der Waals surface area contributed by atoms with E-state index >= 15 is 0 Å². The highest BCUT2D eigenvalue weighted by Gasteiger charge is 2.16. The van der Waals surface area contributed by atoms with E-state index in [1.165, 1.54) is 6.26 Å². The highest BCUT2D eigenvalue weighted by molar-refractivity contribution is 5.99. The first kappa shape index (κ1) is 18.9. The van der Waals surface area contributed by atoms with Crippen molar-refractivity contribution in [1.82, 2.24) is 10.6 Å². The van der Waals surface area contributed by atoms with Gasteiger partial charge < -0.3 is 14.5 Å². The van der Waals surface area contributed by atoms with Gasteiger partial charge in [-0.3, -0.25) is 10.1 Å². The molecule has 1 aromatic heterocycles. The van der Waals surface area contributed by atoms with Crippen molar-refractivity contribution in [3.63, 3.8) is 0 Å². The fourth-order valence-electron chi connectivity index (χ4n) is 2.53. The van der Waals surface area contributed by atoms with Crippen LogP contribution in [0.15, 0.2) is 77.4 Å². The predicted octanol–water partition coefficient (Wildman–Crippen LogP) is 3.13. The van der Waals surface area contributed by atoms with Gasteiger partial charge in [0.25, 0.3) is 5.91 Å². The summed E-state index contributed by atoms with van der Waals surface area (Å²) in [5.74, 6) is -0.834. The van der Waals surface area contributed by atoms with E-state index < -0.39 is 24.5 Å². The molecule has 0 fully saturated rings. The number of nitrogens with one attached hydrogen (secondary N) is 2. The summed E-state index contributed by atoms with van der Waals surface area (Å²) in [6, 6.07) is 19.0. The second-order valence-corrected chi connectivity index (χ2v) is 5.80. The monoisotopic (exact) mass is 378 g/mol. The Kier molecular flexibility index (Phi) is 6.20. The normalized spacial score (nSPS) is 10.1. The van der Waals surface area contributed by atoms with Crippen molar-refractivity contribution in [1.29, 1.82) is 0 Å². The van der Waals surface area contributed by atoms with Crippen LogP contribution < -0.4 is 10.6 Å². The van der Waals surface area contributed by atoms with Crippen molar-refractivity contribution in [3.05, 3.63) is 84.3 Å². The standard InChI is InChI=1S/C21H18N2O5/c24-19(23-21(26)22-13-16-9-6-12-27-16)14-28-20(25)18-11-5-4-10-17(18)15-7-2-1-3-8-15/h1-12H,13-14H2,(H2,22,23,24,26). The number of hydrogen-bond donors (Lipinski definition) is 2. The highest BCUT2D eigenvalue weighted by Crippen LogP contribution is 2.23. The van der Waals surface area contributed by atoms with Crippen LogP contribution in [0.2, 0.25) is 0 Å². The molecule has 0 aliphatic rings. The fraction of sp³-hybridized carbons (Fsp3) is 0.0952. The van der Waals surface area contributed by atoms with E-state index in [1.807, 2.05) is 36.4 Å². The maximum absolute atomic E-state index is 12.4. The number of carbonyl (C=O) groups is 3. The van der Waals surface area contributed by atoms with Crippen LogP contribution in [0.5, 0.6) is 0 Å². The molecule has 0 aliphatic carbocycles. The van der Waals surface area contributed by atoms with Gasteiger partial charge in [0, 0.05) is 0 Å². The fourth-order valence-corrected chi connectivity index (χ4v) is 2.53. The quantitative estimate of drug-likeness (QED) is 0.642. The van der Waals surface area contributed by atoms with Crippen molar-refractivity contribution in [2.24, 2.45) is 0 Å². The van der Waals surface area contributed by atoms with Gasteiger partial charge >= 0.3 is 12.0 Å². The van der Waals surface area contributed by atoms with Crippen molar-refractivity contribution < 1.29 is 23.5 Å². The molecule has 0 aliphatic heterocycles. The lowest BCUT2D eigenvalue weighted by Gasteiger charge is -2.10. The van der Waals surface area contributed by atoms with Crippen LogP contribution >= 0.6 is 0 Å². The lowest BCUT2D eigenvalue weighted by Crippen LogP contribution is -2.41. The Morgan fingerprint density at radius 3 is 2.39 bits per heavy atom. The van der Waals surface area contributed by atoms with Crippen molar-refractivity contribution in [3.8, 4) is 11.1 Å². The molecule has 7 nitrogen and oxygen atoms in total.